The molecule has 20 heavy (non-hydrogen) atoms. The van der Waals surface area contributed by atoms with E-state index in [9.17, 15) is 0 Å². The molecule has 0 bridgehead atoms. The van der Waals surface area contributed by atoms with Gasteiger partial charge in [-0.3, -0.25) is 5.41 Å². The monoisotopic (exact) mass is 275 g/mol. The predicted molar refractivity (Wildman–Crippen MR) is 88.6 cm³/mol. The van der Waals surface area contributed by atoms with Crippen LogP contribution in [0.3, 0.4) is 0 Å². The first-order valence-electron chi connectivity index (χ1n) is 7.87. The summed E-state index contributed by atoms with van der Waals surface area (Å²) >= 11 is 0. The number of rotatable bonds is 11. The average molecular weight is 275 g/mol. The van der Waals surface area contributed by atoms with Gasteiger partial charge >= 0.3 is 0 Å². The highest BCUT2D eigenvalue weighted by Crippen LogP contribution is 2.15. The lowest BCUT2D eigenvalue weighted by molar-refractivity contribution is 0.599. The highest BCUT2D eigenvalue weighted by atomic mass is 15.1. The first-order valence-corrected chi connectivity index (χ1v) is 7.87. The van der Waals surface area contributed by atoms with Crippen LogP contribution in [0.15, 0.2) is 30.3 Å². The van der Waals surface area contributed by atoms with E-state index in [-0.39, 0.29) is 5.84 Å². The van der Waals surface area contributed by atoms with Gasteiger partial charge < -0.3 is 10.6 Å². The molecule has 1 aromatic rings. The zero-order chi connectivity index (χ0) is 14.6. The van der Waals surface area contributed by atoms with E-state index in [0.29, 0.717) is 6.42 Å². The summed E-state index contributed by atoms with van der Waals surface area (Å²) in [5.41, 5.74) is 6.72. The van der Waals surface area contributed by atoms with Gasteiger partial charge in [0.2, 0.25) is 0 Å². The van der Waals surface area contributed by atoms with Crippen molar-refractivity contribution in [1.29, 1.82) is 5.41 Å². The Hall–Kier alpha value is -1.51. The third kappa shape index (κ3) is 7.17. The van der Waals surface area contributed by atoms with Crippen molar-refractivity contribution < 1.29 is 0 Å². The quantitative estimate of drug-likeness (QED) is 0.361. The summed E-state index contributed by atoms with van der Waals surface area (Å²) in [5.74, 6) is 0.272. The minimum absolute atomic E-state index is 0.272. The minimum Gasteiger partial charge on any atom is -0.388 e. The second-order valence-corrected chi connectivity index (χ2v) is 5.37. The number of nitrogens with zero attached hydrogens (tertiary/aromatic N) is 1. The number of benzene rings is 1. The molecular formula is C17H29N3. The molecule has 0 aliphatic heterocycles. The van der Waals surface area contributed by atoms with Crippen molar-refractivity contribution >= 4 is 11.5 Å². The molecule has 0 heterocycles. The van der Waals surface area contributed by atoms with Crippen molar-refractivity contribution in [2.75, 3.05) is 18.0 Å². The molecule has 0 spiro atoms. The molecule has 0 saturated heterocycles. The molecule has 0 unspecified atom stereocenters. The lowest BCUT2D eigenvalue weighted by atomic mass is 10.1. The van der Waals surface area contributed by atoms with E-state index in [4.69, 9.17) is 11.1 Å². The van der Waals surface area contributed by atoms with Crippen molar-refractivity contribution in [3.05, 3.63) is 30.3 Å². The molecule has 0 radical (unpaired) electrons. The van der Waals surface area contributed by atoms with Crippen LogP contribution in [0.2, 0.25) is 0 Å². The average Bonchev–Trinajstić information content (AvgIpc) is 2.46. The van der Waals surface area contributed by atoms with E-state index in [2.05, 4.69) is 36.1 Å². The first-order chi connectivity index (χ1) is 9.74. The molecule has 3 heteroatoms. The van der Waals surface area contributed by atoms with Gasteiger partial charge in [-0.05, 0) is 18.6 Å². The standard InChI is InChI=1S/C17H29N3/c1-2-3-4-5-6-10-14-20(15-13-17(18)19)16-11-8-7-9-12-16/h7-9,11-12H,2-6,10,13-15H2,1H3,(H3,18,19). The molecule has 0 amide bonds. The predicted octanol–water partition coefficient (Wildman–Crippen LogP) is 4.18. The summed E-state index contributed by atoms with van der Waals surface area (Å²) in [6.07, 6.45) is 8.50. The molecule has 0 aliphatic carbocycles. The zero-order valence-corrected chi connectivity index (χ0v) is 12.8. The second-order valence-electron chi connectivity index (χ2n) is 5.37. The van der Waals surface area contributed by atoms with Crippen LogP contribution in [0.4, 0.5) is 5.69 Å². The Morgan fingerprint density at radius 1 is 1.00 bits per heavy atom. The van der Waals surface area contributed by atoms with Gasteiger partial charge in [-0.15, -0.1) is 0 Å². The Morgan fingerprint density at radius 2 is 1.65 bits per heavy atom. The summed E-state index contributed by atoms with van der Waals surface area (Å²) in [5, 5.41) is 7.39. The maximum Gasteiger partial charge on any atom is 0.0923 e. The Balaban J connectivity index is 2.37. The Labute approximate surface area is 123 Å². The van der Waals surface area contributed by atoms with Crippen LogP contribution in [0.1, 0.15) is 51.9 Å². The number of hydrogen-bond donors (Lipinski definition) is 2. The van der Waals surface area contributed by atoms with Gasteiger partial charge in [0.15, 0.2) is 0 Å². The van der Waals surface area contributed by atoms with Crippen LogP contribution in [-0.4, -0.2) is 18.9 Å². The van der Waals surface area contributed by atoms with Crippen LogP contribution in [0, 0.1) is 5.41 Å². The first kappa shape index (κ1) is 16.5. The number of unbranched alkanes of at least 4 members (excludes halogenated alkanes) is 5. The van der Waals surface area contributed by atoms with Crippen molar-refractivity contribution in [1.82, 2.24) is 0 Å². The lowest BCUT2D eigenvalue weighted by Gasteiger charge is -2.24. The van der Waals surface area contributed by atoms with Gasteiger partial charge in [0.1, 0.15) is 0 Å². The van der Waals surface area contributed by atoms with Gasteiger partial charge in [0.05, 0.1) is 5.84 Å². The maximum absolute atomic E-state index is 7.39. The molecule has 1 aromatic carbocycles. The number of nitrogens with two attached hydrogens (primary N) is 1. The third-order valence-electron chi connectivity index (χ3n) is 3.55. The number of amidine groups is 1. The van der Waals surface area contributed by atoms with Crippen molar-refractivity contribution in [3.63, 3.8) is 0 Å². The fourth-order valence-corrected chi connectivity index (χ4v) is 2.35. The number of nitrogens with one attached hydrogen (secondary N) is 1. The molecule has 0 fully saturated rings. The van der Waals surface area contributed by atoms with E-state index >= 15 is 0 Å². The van der Waals surface area contributed by atoms with E-state index in [0.717, 1.165) is 13.1 Å². The normalized spacial score (nSPS) is 10.4. The highest BCUT2D eigenvalue weighted by Gasteiger charge is 2.06. The van der Waals surface area contributed by atoms with Gasteiger partial charge in [0, 0.05) is 25.2 Å². The van der Waals surface area contributed by atoms with E-state index < -0.39 is 0 Å². The molecule has 0 aliphatic rings. The maximum atomic E-state index is 7.39. The number of anilines is 1. The Bertz CT molecular complexity index is 362. The third-order valence-corrected chi connectivity index (χ3v) is 3.55. The van der Waals surface area contributed by atoms with Crippen LogP contribution < -0.4 is 10.6 Å². The molecular weight excluding hydrogens is 246 g/mol. The second kappa shape index (κ2) is 10.3. The topological polar surface area (TPSA) is 53.1 Å². The molecule has 3 N–H and O–H groups in total. The lowest BCUT2D eigenvalue weighted by Crippen LogP contribution is -2.28. The smallest absolute Gasteiger partial charge is 0.0923 e. The van der Waals surface area contributed by atoms with Crippen molar-refractivity contribution in [3.8, 4) is 0 Å². The van der Waals surface area contributed by atoms with Crippen molar-refractivity contribution in [2.24, 2.45) is 5.73 Å². The molecule has 1 rings (SSSR count). The van der Waals surface area contributed by atoms with E-state index in [1.807, 2.05) is 6.07 Å². The fraction of sp³-hybridized carbons (Fsp3) is 0.588. The molecule has 0 saturated carbocycles. The number of hydrogen-bond acceptors (Lipinski definition) is 2. The summed E-state index contributed by atoms with van der Waals surface area (Å²) in [4.78, 5) is 2.35. The van der Waals surface area contributed by atoms with Gasteiger partial charge in [0.25, 0.3) is 0 Å². The van der Waals surface area contributed by atoms with Gasteiger partial charge in [-0.1, -0.05) is 57.2 Å². The van der Waals surface area contributed by atoms with E-state index in [1.165, 1.54) is 44.2 Å². The molecule has 112 valence electrons. The molecule has 3 nitrogen and oxygen atoms in total. The molecule has 0 atom stereocenters. The molecule has 0 aromatic heterocycles. The van der Waals surface area contributed by atoms with Crippen LogP contribution in [0.5, 0.6) is 0 Å². The highest BCUT2D eigenvalue weighted by molar-refractivity contribution is 5.77. The van der Waals surface area contributed by atoms with Gasteiger partial charge in [-0.25, -0.2) is 0 Å². The van der Waals surface area contributed by atoms with Crippen LogP contribution >= 0.6 is 0 Å². The van der Waals surface area contributed by atoms with Crippen LogP contribution in [-0.2, 0) is 0 Å². The zero-order valence-electron chi connectivity index (χ0n) is 12.8. The fourth-order valence-electron chi connectivity index (χ4n) is 2.35. The minimum atomic E-state index is 0.272. The summed E-state index contributed by atoms with van der Waals surface area (Å²) < 4.78 is 0. The summed E-state index contributed by atoms with van der Waals surface area (Å²) in [7, 11) is 0. The number of para-hydroxylation sites is 1. The van der Waals surface area contributed by atoms with Gasteiger partial charge in [-0.2, -0.15) is 0 Å². The largest absolute Gasteiger partial charge is 0.388 e. The summed E-state index contributed by atoms with van der Waals surface area (Å²) in [6.45, 7) is 4.15. The van der Waals surface area contributed by atoms with Crippen molar-refractivity contribution in [2.45, 2.75) is 51.9 Å². The Kier molecular flexibility index (Phi) is 8.52. The SMILES string of the molecule is CCCCCCCCN(CCC(=N)N)c1ccccc1. The van der Waals surface area contributed by atoms with E-state index in [1.54, 1.807) is 0 Å². The van der Waals surface area contributed by atoms with Crippen LogP contribution in [0.25, 0.3) is 0 Å². The summed E-state index contributed by atoms with van der Waals surface area (Å²) in [6, 6.07) is 10.4. The Morgan fingerprint density at radius 3 is 2.30 bits per heavy atom.